The first-order chi connectivity index (χ1) is 11.1. The van der Waals surface area contributed by atoms with Crippen LogP contribution in [0.3, 0.4) is 0 Å². The number of hydrogen-bond acceptors (Lipinski definition) is 6. The van der Waals surface area contributed by atoms with E-state index in [0.717, 1.165) is 5.56 Å². The normalized spacial score (nSPS) is 19.0. The summed E-state index contributed by atoms with van der Waals surface area (Å²) in [6, 6.07) is 7.00. The van der Waals surface area contributed by atoms with Gasteiger partial charge in [0.2, 0.25) is 0 Å². The number of esters is 1. The number of ether oxygens (including phenoxy) is 3. The molecule has 0 radical (unpaired) electrons. The van der Waals surface area contributed by atoms with Crippen LogP contribution in [0.2, 0.25) is 0 Å². The van der Waals surface area contributed by atoms with Gasteiger partial charge in [0, 0.05) is 12.0 Å². The Morgan fingerprint density at radius 2 is 1.78 bits per heavy atom. The van der Waals surface area contributed by atoms with Gasteiger partial charge in [-0.25, -0.2) is 4.79 Å². The van der Waals surface area contributed by atoms with Crippen molar-refractivity contribution in [1.82, 2.24) is 0 Å². The first-order valence-electron chi connectivity index (χ1n) is 7.36. The van der Waals surface area contributed by atoms with Crippen molar-refractivity contribution in [2.24, 2.45) is 0 Å². The zero-order valence-corrected chi connectivity index (χ0v) is 12.5. The van der Waals surface area contributed by atoms with Gasteiger partial charge in [-0.15, -0.1) is 0 Å². The molecule has 0 spiro atoms. The van der Waals surface area contributed by atoms with Gasteiger partial charge >= 0.3 is 11.6 Å². The fourth-order valence-electron chi connectivity index (χ4n) is 2.99. The Kier molecular flexibility index (Phi) is 3.11. The van der Waals surface area contributed by atoms with E-state index in [9.17, 15) is 9.59 Å². The Morgan fingerprint density at radius 3 is 2.61 bits per heavy atom. The minimum atomic E-state index is -0.479. The fourth-order valence-corrected chi connectivity index (χ4v) is 2.99. The molecule has 0 saturated carbocycles. The molecule has 0 unspecified atom stereocenters. The largest absolute Gasteiger partial charge is 0.486 e. The van der Waals surface area contributed by atoms with Crippen molar-refractivity contribution in [1.29, 1.82) is 0 Å². The van der Waals surface area contributed by atoms with Gasteiger partial charge in [0.05, 0.1) is 12.0 Å². The summed E-state index contributed by atoms with van der Waals surface area (Å²) in [6.45, 7) is 2.62. The van der Waals surface area contributed by atoms with Crippen molar-refractivity contribution in [3.05, 3.63) is 51.6 Å². The van der Waals surface area contributed by atoms with Crippen molar-refractivity contribution in [2.45, 2.75) is 19.3 Å². The van der Waals surface area contributed by atoms with Gasteiger partial charge in [-0.05, 0) is 24.6 Å². The predicted octanol–water partition coefficient (Wildman–Crippen LogP) is 2.16. The molecule has 6 nitrogen and oxygen atoms in total. The molecular formula is C17H14O6. The molecule has 2 aliphatic heterocycles. The Hall–Kier alpha value is -2.76. The van der Waals surface area contributed by atoms with Gasteiger partial charge in [0.25, 0.3) is 0 Å². The van der Waals surface area contributed by atoms with Crippen LogP contribution in [0.1, 0.15) is 29.2 Å². The molecule has 0 amide bonds. The molecular weight excluding hydrogens is 300 g/mol. The molecule has 2 aromatic rings. The summed E-state index contributed by atoms with van der Waals surface area (Å²) in [4.78, 5) is 24.2. The lowest BCUT2D eigenvalue weighted by Crippen LogP contribution is -2.27. The molecule has 1 atom stereocenters. The van der Waals surface area contributed by atoms with E-state index < -0.39 is 11.5 Å². The van der Waals surface area contributed by atoms with E-state index in [4.69, 9.17) is 18.6 Å². The standard InChI is InChI=1S/C17H14O6/c1-9-6-14-16(17(19)22-9)11(8-15(18)23-14)10-2-3-12-13(7-10)21-5-4-20-12/h2-3,6-7,11H,4-5,8H2,1H3/t11-/m1/s1. The fraction of sp³-hybridized carbons (Fsp3) is 0.294. The number of fused-ring (bicyclic) bond motifs is 2. The van der Waals surface area contributed by atoms with E-state index in [-0.39, 0.29) is 18.1 Å². The van der Waals surface area contributed by atoms with Gasteiger partial charge in [-0.1, -0.05) is 6.07 Å². The molecule has 4 rings (SSSR count). The molecule has 6 heteroatoms. The second-order valence-corrected chi connectivity index (χ2v) is 5.56. The SMILES string of the molecule is Cc1cc2c(c(=O)o1)[C@@H](c1ccc3c(c1)OCCO3)CC(=O)O2. The van der Waals surface area contributed by atoms with Gasteiger partial charge in [-0.3, -0.25) is 4.79 Å². The van der Waals surface area contributed by atoms with Crippen LogP contribution < -0.4 is 19.8 Å². The van der Waals surface area contributed by atoms with Crippen LogP contribution in [0.25, 0.3) is 0 Å². The highest BCUT2D eigenvalue weighted by Crippen LogP contribution is 2.40. The Bertz CT molecular complexity index is 851. The third-order valence-corrected chi connectivity index (χ3v) is 3.99. The Balaban J connectivity index is 1.84. The smallest absolute Gasteiger partial charge is 0.343 e. The van der Waals surface area contributed by atoms with Crippen molar-refractivity contribution in [3.63, 3.8) is 0 Å². The third-order valence-electron chi connectivity index (χ3n) is 3.99. The summed E-state index contributed by atoms with van der Waals surface area (Å²) >= 11 is 0. The van der Waals surface area contributed by atoms with Gasteiger partial charge < -0.3 is 18.6 Å². The van der Waals surface area contributed by atoms with Crippen LogP contribution in [0.5, 0.6) is 17.2 Å². The van der Waals surface area contributed by atoms with E-state index in [2.05, 4.69) is 0 Å². The van der Waals surface area contributed by atoms with Crippen molar-refractivity contribution in [2.75, 3.05) is 13.2 Å². The molecule has 3 heterocycles. The highest BCUT2D eigenvalue weighted by atomic mass is 16.6. The topological polar surface area (TPSA) is 75.0 Å². The minimum absolute atomic E-state index is 0.0838. The molecule has 2 aliphatic rings. The molecule has 1 aromatic carbocycles. The third kappa shape index (κ3) is 2.36. The molecule has 0 N–H and O–H groups in total. The average Bonchev–Trinajstić information content (AvgIpc) is 2.53. The highest BCUT2D eigenvalue weighted by molar-refractivity contribution is 5.77. The lowest BCUT2D eigenvalue weighted by atomic mass is 9.87. The lowest BCUT2D eigenvalue weighted by molar-refractivity contribution is -0.135. The number of aryl methyl sites for hydroxylation is 1. The quantitative estimate of drug-likeness (QED) is 0.751. The minimum Gasteiger partial charge on any atom is -0.486 e. The van der Waals surface area contributed by atoms with Crippen LogP contribution in [0.4, 0.5) is 0 Å². The highest BCUT2D eigenvalue weighted by Gasteiger charge is 2.33. The van der Waals surface area contributed by atoms with Crippen LogP contribution in [0, 0.1) is 6.92 Å². The first-order valence-corrected chi connectivity index (χ1v) is 7.36. The van der Waals surface area contributed by atoms with Gasteiger partial charge in [-0.2, -0.15) is 0 Å². The first kappa shape index (κ1) is 13.9. The summed E-state index contributed by atoms with van der Waals surface area (Å²) in [7, 11) is 0. The van der Waals surface area contributed by atoms with Gasteiger partial charge in [0.1, 0.15) is 24.7 Å². The number of carbonyl (C=O) groups is 1. The second kappa shape index (κ2) is 5.15. The van der Waals surface area contributed by atoms with Crippen LogP contribution in [0.15, 0.2) is 33.5 Å². The molecule has 0 bridgehead atoms. The predicted molar refractivity (Wildman–Crippen MR) is 79.2 cm³/mol. The summed E-state index contributed by atoms with van der Waals surface area (Å²) in [5.74, 6) is 1.17. The van der Waals surface area contributed by atoms with E-state index in [1.165, 1.54) is 0 Å². The molecule has 0 fully saturated rings. The van der Waals surface area contributed by atoms with Crippen LogP contribution in [-0.4, -0.2) is 19.2 Å². The molecule has 118 valence electrons. The number of carbonyl (C=O) groups excluding carboxylic acids is 1. The van der Waals surface area contributed by atoms with E-state index in [1.807, 2.05) is 6.07 Å². The average molecular weight is 314 g/mol. The Labute approximate surface area is 131 Å². The molecule has 0 saturated heterocycles. The van der Waals surface area contributed by atoms with Gasteiger partial charge in [0.15, 0.2) is 11.5 Å². The summed E-state index contributed by atoms with van der Waals surface area (Å²) in [5.41, 5.74) is 0.683. The van der Waals surface area contributed by atoms with Crippen molar-refractivity contribution < 1.29 is 23.4 Å². The summed E-state index contributed by atoms with van der Waals surface area (Å²) < 4.78 is 21.5. The van der Waals surface area contributed by atoms with Crippen LogP contribution in [-0.2, 0) is 4.79 Å². The number of hydrogen-bond donors (Lipinski definition) is 0. The maximum Gasteiger partial charge on any atom is 0.343 e. The number of benzene rings is 1. The van der Waals surface area contributed by atoms with Crippen molar-refractivity contribution in [3.8, 4) is 17.2 Å². The molecule has 1 aromatic heterocycles. The second-order valence-electron chi connectivity index (χ2n) is 5.56. The molecule has 23 heavy (non-hydrogen) atoms. The number of rotatable bonds is 1. The van der Waals surface area contributed by atoms with Crippen LogP contribution >= 0.6 is 0 Å². The maximum atomic E-state index is 12.2. The van der Waals surface area contributed by atoms with E-state index in [1.54, 1.807) is 25.1 Å². The van der Waals surface area contributed by atoms with E-state index >= 15 is 0 Å². The Morgan fingerprint density at radius 1 is 1.00 bits per heavy atom. The van der Waals surface area contributed by atoms with E-state index in [0.29, 0.717) is 36.0 Å². The monoisotopic (exact) mass is 314 g/mol. The molecule has 0 aliphatic carbocycles. The lowest BCUT2D eigenvalue weighted by Gasteiger charge is -2.25. The summed E-state index contributed by atoms with van der Waals surface area (Å²) in [5, 5.41) is 0. The summed E-state index contributed by atoms with van der Waals surface area (Å²) in [6.07, 6.45) is 0.0838. The zero-order chi connectivity index (χ0) is 16.0. The zero-order valence-electron chi connectivity index (χ0n) is 12.5. The maximum absolute atomic E-state index is 12.2. The van der Waals surface area contributed by atoms with Crippen molar-refractivity contribution >= 4 is 5.97 Å².